The lowest BCUT2D eigenvalue weighted by Gasteiger charge is -2.05. The summed E-state index contributed by atoms with van der Waals surface area (Å²) in [5.74, 6) is 2.06. The van der Waals surface area contributed by atoms with Crippen LogP contribution in [0.2, 0.25) is 5.02 Å². The number of hydrogen-bond donors (Lipinski definition) is 0. The largest absolute Gasteiger partial charge is 0.497 e. The van der Waals surface area contributed by atoms with E-state index in [1.165, 1.54) is 0 Å². The molecule has 0 amide bonds. The number of rotatable bonds is 4. The van der Waals surface area contributed by atoms with E-state index in [0.717, 1.165) is 11.4 Å². The van der Waals surface area contributed by atoms with Crippen LogP contribution < -0.4 is 9.47 Å². The molecule has 0 spiro atoms. The van der Waals surface area contributed by atoms with Gasteiger partial charge in [0.25, 0.3) is 0 Å². The topological polar surface area (TPSA) is 36.3 Å². The SMILES string of the molecule is COc1cccc(Oc2cnn(-c3ccccc3Cl)c2)c1. The highest BCUT2D eigenvalue weighted by Crippen LogP contribution is 2.26. The van der Waals surface area contributed by atoms with Crippen molar-refractivity contribution in [1.82, 2.24) is 9.78 Å². The summed E-state index contributed by atoms with van der Waals surface area (Å²) in [5.41, 5.74) is 0.805. The molecule has 0 bridgehead atoms. The summed E-state index contributed by atoms with van der Waals surface area (Å²) in [6, 6.07) is 14.9. The van der Waals surface area contributed by atoms with Gasteiger partial charge >= 0.3 is 0 Å². The normalized spacial score (nSPS) is 10.4. The molecule has 0 N–H and O–H groups in total. The lowest BCUT2D eigenvalue weighted by molar-refractivity contribution is 0.409. The number of para-hydroxylation sites is 1. The Balaban J connectivity index is 1.84. The van der Waals surface area contributed by atoms with E-state index < -0.39 is 0 Å². The van der Waals surface area contributed by atoms with E-state index in [2.05, 4.69) is 5.10 Å². The molecule has 2 aromatic carbocycles. The predicted molar refractivity (Wildman–Crippen MR) is 81.6 cm³/mol. The van der Waals surface area contributed by atoms with Crippen molar-refractivity contribution in [3.05, 3.63) is 65.9 Å². The third-order valence-electron chi connectivity index (χ3n) is 2.94. The van der Waals surface area contributed by atoms with Crippen LogP contribution in [0.4, 0.5) is 0 Å². The number of benzene rings is 2. The average Bonchev–Trinajstić information content (AvgIpc) is 2.96. The molecule has 0 aliphatic heterocycles. The molecule has 0 atom stereocenters. The molecule has 1 heterocycles. The Labute approximate surface area is 127 Å². The summed E-state index contributed by atoms with van der Waals surface area (Å²) in [5, 5.41) is 4.89. The van der Waals surface area contributed by atoms with Gasteiger partial charge in [-0.15, -0.1) is 0 Å². The minimum Gasteiger partial charge on any atom is -0.497 e. The smallest absolute Gasteiger partial charge is 0.165 e. The van der Waals surface area contributed by atoms with E-state index in [1.807, 2.05) is 48.5 Å². The Morgan fingerprint density at radius 1 is 1.00 bits per heavy atom. The van der Waals surface area contributed by atoms with Crippen molar-refractivity contribution >= 4 is 11.6 Å². The first kappa shape index (κ1) is 13.5. The van der Waals surface area contributed by atoms with Gasteiger partial charge in [-0.05, 0) is 24.3 Å². The van der Waals surface area contributed by atoms with E-state index in [1.54, 1.807) is 24.2 Å². The number of hydrogen-bond acceptors (Lipinski definition) is 3. The van der Waals surface area contributed by atoms with Crippen LogP contribution in [0.15, 0.2) is 60.9 Å². The van der Waals surface area contributed by atoms with Crippen molar-refractivity contribution in [1.29, 1.82) is 0 Å². The van der Waals surface area contributed by atoms with Crippen LogP contribution in [0, 0.1) is 0 Å². The Kier molecular flexibility index (Phi) is 3.79. The summed E-state index contributed by atoms with van der Waals surface area (Å²) in [4.78, 5) is 0. The number of halogens is 1. The summed E-state index contributed by atoms with van der Waals surface area (Å²) in [6.45, 7) is 0. The number of ether oxygens (including phenoxy) is 2. The maximum Gasteiger partial charge on any atom is 0.165 e. The molecule has 5 heteroatoms. The molecule has 0 radical (unpaired) electrons. The summed E-state index contributed by atoms with van der Waals surface area (Å²) in [6.07, 6.45) is 3.42. The van der Waals surface area contributed by atoms with Crippen LogP contribution in [-0.2, 0) is 0 Å². The lowest BCUT2D eigenvalue weighted by Crippen LogP contribution is -1.94. The molecular formula is C16H13ClN2O2. The highest BCUT2D eigenvalue weighted by Gasteiger charge is 2.06. The van der Waals surface area contributed by atoms with Crippen molar-refractivity contribution in [3.8, 4) is 22.9 Å². The molecule has 0 aliphatic rings. The van der Waals surface area contributed by atoms with E-state index in [-0.39, 0.29) is 0 Å². The van der Waals surface area contributed by atoms with Gasteiger partial charge in [-0.25, -0.2) is 4.68 Å². The lowest BCUT2D eigenvalue weighted by atomic mass is 10.3. The molecule has 4 nitrogen and oxygen atoms in total. The fraction of sp³-hybridized carbons (Fsp3) is 0.0625. The van der Waals surface area contributed by atoms with Gasteiger partial charge in [0, 0.05) is 6.07 Å². The molecule has 3 aromatic rings. The summed E-state index contributed by atoms with van der Waals surface area (Å²) in [7, 11) is 1.62. The third-order valence-corrected chi connectivity index (χ3v) is 3.25. The van der Waals surface area contributed by atoms with Crippen LogP contribution in [-0.4, -0.2) is 16.9 Å². The van der Waals surface area contributed by atoms with Gasteiger partial charge in [0.05, 0.1) is 30.2 Å². The Hall–Kier alpha value is -2.46. The van der Waals surface area contributed by atoms with Crippen LogP contribution in [0.1, 0.15) is 0 Å². The van der Waals surface area contributed by atoms with Crippen molar-refractivity contribution in [2.75, 3.05) is 7.11 Å². The standard InChI is InChI=1S/C16H13ClN2O2/c1-20-12-5-4-6-13(9-12)21-14-10-18-19(11-14)16-8-3-2-7-15(16)17/h2-11H,1H3. The van der Waals surface area contributed by atoms with Gasteiger partial charge in [-0.2, -0.15) is 5.10 Å². The molecule has 0 unspecified atom stereocenters. The minimum absolute atomic E-state index is 0.628. The molecular weight excluding hydrogens is 288 g/mol. The molecule has 3 rings (SSSR count). The van der Waals surface area contributed by atoms with Crippen LogP contribution in [0.3, 0.4) is 0 Å². The molecule has 0 saturated heterocycles. The van der Waals surface area contributed by atoms with Gasteiger partial charge < -0.3 is 9.47 Å². The Morgan fingerprint density at radius 2 is 1.81 bits per heavy atom. The van der Waals surface area contributed by atoms with E-state index in [0.29, 0.717) is 16.5 Å². The highest BCUT2D eigenvalue weighted by atomic mass is 35.5. The Bertz CT molecular complexity index is 755. The summed E-state index contributed by atoms with van der Waals surface area (Å²) >= 11 is 6.15. The Morgan fingerprint density at radius 3 is 2.62 bits per heavy atom. The second-order valence-corrected chi connectivity index (χ2v) is 4.76. The van der Waals surface area contributed by atoms with E-state index in [4.69, 9.17) is 21.1 Å². The summed E-state index contributed by atoms with van der Waals surface area (Å²) < 4.78 is 12.6. The van der Waals surface area contributed by atoms with E-state index >= 15 is 0 Å². The zero-order valence-corrected chi connectivity index (χ0v) is 12.1. The highest BCUT2D eigenvalue weighted by molar-refractivity contribution is 6.32. The van der Waals surface area contributed by atoms with Gasteiger partial charge in [0.1, 0.15) is 11.5 Å². The van der Waals surface area contributed by atoms with Gasteiger partial charge in [0.2, 0.25) is 0 Å². The monoisotopic (exact) mass is 300 g/mol. The number of aromatic nitrogens is 2. The van der Waals surface area contributed by atoms with Crippen LogP contribution >= 0.6 is 11.6 Å². The second kappa shape index (κ2) is 5.89. The first-order valence-corrected chi connectivity index (χ1v) is 6.75. The predicted octanol–water partition coefficient (Wildman–Crippen LogP) is 4.33. The average molecular weight is 301 g/mol. The molecule has 0 saturated carbocycles. The molecule has 0 aliphatic carbocycles. The second-order valence-electron chi connectivity index (χ2n) is 4.35. The fourth-order valence-electron chi connectivity index (χ4n) is 1.93. The zero-order valence-electron chi connectivity index (χ0n) is 11.4. The van der Waals surface area contributed by atoms with Crippen molar-refractivity contribution < 1.29 is 9.47 Å². The van der Waals surface area contributed by atoms with E-state index in [9.17, 15) is 0 Å². The maximum absolute atomic E-state index is 6.15. The van der Waals surface area contributed by atoms with Crippen LogP contribution in [0.5, 0.6) is 17.2 Å². The first-order valence-electron chi connectivity index (χ1n) is 6.38. The van der Waals surface area contributed by atoms with Gasteiger partial charge in [-0.3, -0.25) is 0 Å². The molecule has 21 heavy (non-hydrogen) atoms. The van der Waals surface area contributed by atoms with Crippen molar-refractivity contribution in [2.45, 2.75) is 0 Å². The quantitative estimate of drug-likeness (QED) is 0.719. The minimum atomic E-state index is 0.628. The van der Waals surface area contributed by atoms with Crippen molar-refractivity contribution in [3.63, 3.8) is 0 Å². The fourth-order valence-corrected chi connectivity index (χ4v) is 2.15. The number of methoxy groups -OCH3 is 1. The molecule has 1 aromatic heterocycles. The van der Waals surface area contributed by atoms with Gasteiger partial charge in [0.15, 0.2) is 5.75 Å². The first-order chi connectivity index (χ1) is 10.3. The maximum atomic E-state index is 6.15. The third kappa shape index (κ3) is 3.01. The zero-order chi connectivity index (χ0) is 14.7. The van der Waals surface area contributed by atoms with Crippen molar-refractivity contribution in [2.24, 2.45) is 0 Å². The van der Waals surface area contributed by atoms with Crippen LogP contribution in [0.25, 0.3) is 5.69 Å². The molecule has 0 fully saturated rings. The molecule has 106 valence electrons. The van der Waals surface area contributed by atoms with Gasteiger partial charge in [-0.1, -0.05) is 29.8 Å². The number of nitrogens with zero attached hydrogens (tertiary/aromatic N) is 2.